The van der Waals surface area contributed by atoms with E-state index in [0.29, 0.717) is 0 Å². The van der Waals surface area contributed by atoms with Crippen LogP contribution in [-0.4, -0.2) is 31.7 Å². The lowest BCUT2D eigenvalue weighted by Gasteiger charge is -2.42. The van der Waals surface area contributed by atoms with Crippen molar-refractivity contribution in [1.82, 2.24) is 18.3 Å². The Morgan fingerprint density at radius 3 is 1.16 bits per heavy atom. The summed E-state index contributed by atoms with van der Waals surface area (Å²) in [6.45, 7) is -0.0637. The van der Waals surface area contributed by atoms with Gasteiger partial charge in [0.15, 0.2) is 0 Å². The Morgan fingerprint density at radius 2 is 0.650 bits per heavy atom. The summed E-state index contributed by atoms with van der Waals surface area (Å²) in [5, 5.41) is 10.2. The molecule has 0 amide bonds. The summed E-state index contributed by atoms with van der Waals surface area (Å²) in [5.74, 6) is 0. The first-order valence-corrected chi connectivity index (χ1v) is 28.6. The molecule has 4 aliphatic rings. The van der Waals surface area contributed by atoms with Gasteiger partial charge in [0.05, 0.1) is 38.8 Å². The van der Waals surface area contributed by atoms with Crippen molar-refractivity contribution in [1.29, 1.82) is 0 Å². The monoisotopic (exact) mass is 1030 g/mol. The van der Waals surface area contributed by atoms with Crippen LogP contribution < -0.4 is 37.7 Å². The zero-order valence-electron chi connectivity index (χ0n) is 43.0. The summed E-state index contributed by atoms with van der Waals surface area (Å²) in [6, 6.07) is 94.3. The first kappa shape index (κ1) is 42.2. The smallest absolute Gasteiger partial charge is 0.252 e. The van der Waals surface area contributed by atoms with Gasteiger partial charge in [0.1, 0.15) is 0 Å². The minimum atomic E-state index is -0.0534. The van der Waals surface area contributed by atoms with Crippen LogP contribution in [-0.2, 0) is 0 Å². The second kappa shape index (κ2) is 15.0. The maximum absolute atomic E-state index is 2.67. The van der Waals surface area contributed by atoms with Gasteiger partial charge in [-0.2, -0.15) is 0 Å². The summed E-state index contributed by atoms with van der Waals surface area (Å²) < 4.78 is 10.2. The minimum Gasteiger partial charge on any atom is -0.311 e. The fraction of sp³-hybridized carbons (Fsp3) is 0. The van der Waals surface area contributed by atoms with Gasteiger partial charge < -0.3 is 23.2 Å². The molecule has 8 heteroatoms. The van der Waals surface area contributed by atoms with E-state index in [4.69, 9.17) is 0 Å². The Morgan fingerprint density at radius 1 is 0.250 bits per heavy atom. The van der Waals surface area contributed by atoms with Crippen molar-refractivity contribution in [2.45, 2.75) is 9.79 Å². The molecular weight excluding hydrogens is 989 g/mol. The lowest BCUT2D eigenvalue weighted by molar-refractivity contribution is 1.12. The highest BCUT2D eigenvalue weighted by atomic mass is 32.2. The maximum Gasteiger partial charge on any atom is 0.252 e. The number of para-hydroxylation sites is 9. The van der Waals surface area contributed by atoms with E-state index in [-0.39, 0.29) is 13.4 Å². The average molecular weight is 1030 g/mol. The number of nitrogens with zero attached hydrogens (tertiary/aromatic N) is 5. The van der Waals surface area contributed by atoms with E-state index >= 15 is 0 Å². The second-order valence-corrected chi connectivity index (χ2v) is 23.4. The molecule has 0 saturated heterocycles. The minimum absolute atomic E-state index is 0.0104. The fourth-order valence-corrected chi connectivity index (χ4v) is 16.8. The Hall–Kier alpha value is -9.88. The van der Waals surface area contributed by atoms with Gasteiger partial charge in [0.2, 0.25) is 6.71 Å². The number of aromatic nitrogens is 4. The third-order valence-electron chi connectivity index (χ3n) is 18.5. The summed E-state index contributed by atoms with van der Waals surface area (Å²) >= 11 is 1.95. The van der Waals surface area contributed by atoms with Crippen molar-refractivity contribution in [2.24, 2.45) is 0 Å². The summed E-state index contributed by atoms with van der Waals surface area (Å²) in [5.41, 5.74) is 26.4. The molecule has 4 aromatic heterocycles. The van der Waals surface area contributed by atoms with Crippen molar-refractivity contribution in [3.05, 3.63) is 249 Å². The van der Waals surface area contributed by atoms with Crippen LogP contribution in [0.5, 0.6) is 0 Å². The predicted molar refractivity (Wildman–Crippen MR) is 338 cm³/mol. The quantitative estimate of drug-likeness (QED) is 0.165. The van der Waals surface area contributed by atoms with Crippen LogP contribution in [0, 0.1) is 0 Å². The first-order chi connectivity index (χ1) is 39.7. The third-order valence-corrected chi connectivity index (χ3v) is 19.7. The first-order valence-electron chi connectivity index (χ1n) is 27.8. The largest absolute Gasteiger partial charge is 0.311 e. The van der Waals surface area contributed by atoms with Crippen LogP contribution in [0.3, 0.4) is 0 Å². The molecule has 80 heavy (non-hydrogen) atoms. The van der Waals surface area contributed by atoms with Crippen LogP contribution in [0.1, 0.15) is 0 Å². The molecule has 366 valence electrons. The second-order valence-electron chi connectivity index (χ2n) is 22.3. The van der Waals surface area contributed by atoms with E-state index in [0.717, 1.165) is 11.4 Å². The number of hydrogen-bond donors (Lipinski definition) is 0. The number of fused-ring (bicyclic) bond motifs is 20. The molecule has 5 nitrogen and oxygen atoms in total. The molecular formula is C72H41B2N5S. The van der Waals surface area contributed by atoms with E-state index in [1.807, 2.05) is 11.8 Å². The van der Waals surface area contributed by atoms with E-state index in [9.17, 15) is 0 Å². The van der Waals surface area contributed by atoms with Crippen molar-refractivity contribution in [2.75, 3.05) is 4.90 Å². The molecule has 0 N–H and O–H groups in total. The number of anilines is 3. The number of hydrogen-bond acceptors (Lipinski definition) is 2. The van der Waals surface area contributed by atoms with Crippen LogP contribution >= 0.6 is 11.8 Å². The zero-order chi connectivity index (χ0) is 51.6. The van der Waals surface area contributed by atoms with Crippen LogP contribution in [0.2, 0.25) is 0 Å². The third kappa shape index (κ3) is 5.15. The highest BCUT2D eigenvalue weighted by Gasteiger charge is 2.46. The van der Waals surface area contributed by atoms with Gasteiger partial charge in [0, 0.05) is 98.0 Å². The number of benzene rings is 12. The van der Waals surface area contributed by atoms with Gasteiger partial charge in [-0.25, -0.2) is 0 Å². The Bertz CT molecular complexity index is 5400. The Balaban J connectivity index is 0.914. The molecule has 0 atom stereocenters. The van der Waals surface area contributed by atoms with Gasteiger partial charge in [-0.3, -0.25) is 0 Å². The molecule has 8 heterocycles. The van der Waals surface area contributed by atoms with E-state index in [2.05, 4.69) is 272 Å². The molecule has 0 aliphatic carbocycles. The topological polar surface area (TPSA) is 23.0 Å². The predicted octanol–water partition coefficient (Wildman–Crippen LogP) is 14.0. The van der Waals surface area contributed by atoms with Crippen molar-refractivity contribution < 1.29 is 0 Å². The van der Waals surface area contributed by atoms with Crippen molar-refractivity contribution in [3.63, 3.8) is 0 Å². The van der Waals surface area contributed by atoms with E-state index in [1.165, 1.54) is 158 Å². The van der Waals surface area contributed by atoms with Gasteiger partial charge in [-0.1, -0.05) is 187 Å². The summed E-state index contributed by atoms with van der Waals surface area (Å²) in [7, 11) is 0. The molecule has 0 saturated carbocycles. The molecule has 16 aromatic rings. The lowest BCUT2D eigenvalue weighted by atomic mass is 9.31. The maximum atomic E-state index is 2.67. The van der Waals surface area contributed by atoms with Crippen LogP contribution in [0.4, 0.5) is 17.1 Å². The molecule has 0 spiro atoms. The van der Waals surface area contributed by atoms with E-state index < -0.39 is 0 Å². The highest BCUT2D eigenvalue weighted by Crippen LogP contribution is 2.47. The van der Waals surface area contributed by atoms with E-state index in [1.54, 1.807) is 0 Å². The average Bonchev–Trinajstić information content (AvgIpc) is 4.16. The lowest BCUT2D eigenvalue weighted by Crippen LogP contribution is -2.63. The molecule has 20 rings (SSSR count). The standard InChI is InChI=1S/C72H41B2N5S/c1-2-18-42(19-3-1)75-63-41-67-56(74-54-29-17-27-52-50-25-9-15-35-62(50)79(72(52)54)66-38-44(39-68(80-67)70(66)74)77-59-32-12-6-22-47(59)48-23-7-13-33-60(48)77)40-55(63)73-53-28-16-26-51-49-24-8-14-34-61(49)78(71(51)53)65-37-43(36-64(75)69(65)73)76-57-30-10-4-20-45(57)46-21-5-11-31-58(46)76/h1-41H. The molecule has 4 aliphatic heterocycles. The summed E-state index contributed by atoms with van der Waals surface area (Å²) in [6.07, 6.45) is 0. The summed E-state index contributed by atoms with van der Waals surface area (Å²) in [4.78, 5) is 5.19. The van der Waals surface area contributed by atoms with Crippen molar-refractivity contribution >= 4 is 162 Å². The Labute approximate surface area is 463 Å². The molecule has 0 unspecified atom stereocenters. The highest BCUT2D eigenvalue weighted by molar-refractivity contribution is 8.00. The molecule has 0 radical (unpaired) electrons. The van der Waals surface area contributed by atoms with Gasteiger partial charge in [0.25, 0.3) is 6.71 Å². The van der Waals surface area contributed by atoms with Gasteiger partial charge in [-0.05, 0) is 106 Å². The Kier molecular flexibility index (Phi) is 7.92. The fourth-order valence-electron chi connectivity index (χ4n) is 15.6. The SMILES string of the molecule is c1ccc(N2c3cc4c(cc3B3c5c2cc(-n2c6ccccc6c6ccccc62)cc5-n2c5ccccc5c5cccc3c52)B2c3c(cc(-n5c6ccccc6c6ccccc65)cc3-n3c5ccccc5c5cccc2c53)S4)cc1. The molecule has 0 fully saturated rings. The van der Waals surface area contributed by atoms with Crippen LogP contribution in [0.15, 0.2) is 259 Å². The molecule has 12 aromatic carbocycles. The van der Waals surface area contributed by atoms with Crippen molar-refractivity contribution in [3.8, 4) is 22.7 Å². The zero-order valence-corrected chi connectivity index (χ0v) is 43.8. The normalized spacial score (nSPS) is 13.6. The van der Waals surface area contributed by atoms with Gasteiger partial charge >= 0.3 is 0 Å². The van der Waals surface area contributed by atoms with Crippen LogP contribution in [0.25, 0.3) is 110 Å². The molecule has 0 bridgehead atoms. The number of rotatable bonds is 3. The van der Waals surface area contributed by atoms with Gasteiger partial charge in [-0.15, -0.1) is 0 Å².